The zero-order valence-corrected chi connectivity index (χ0v) is 38.9. The number of carbonyl (C=O) groups excluding carboxylic acids is 2. The second-order valence-corrected chi connectivity index (χ2v) is 13.2. The van der Waals surface area contributed by atoms with Crippen LogP contribution >= 0.6 is 0 Å². The third-order valence-corrected chi connectivity index (χ3v) is 8.16. The number of nitrogens with one attached hydrogen (secondary N) is 1. The number of rotatable bonds is 16. The number of hydrogen-bond acceptors (Lipinski definition) is 14. The molecule has 0 saturated heterocycles. The summed E-state index contributed by atoms with van der Waals surface area (Å²) in [7, 11) is -8.82. The molecule has 0 atom stereocenters. The number of carboxylic acids is 1. The number of azo groups is 1. The third-order valence-electron chi connectivity index (χ3n) is 6.59. The smallest absolute Gasteiger partial charge is 0.748 e. The van der Waals surface area contributed by atoms with Gasteiger partial charge in [0.1, 0.15) is 17.3 Å². The number of aromatic carboxylic acids is 1. The number of carbonyl (C=O) groups is 2. The molecule has 2 aromatic carbocycles. The van der Waals surface area contributed by atoms with Gasteiger partial charge in [-0.1, -0.05) is 18.2 Å². The molecule has 1 heterocycles. The topological polar surface area (TPSA) is 253 Å². The third kappa shape index (κ3) is 16.4. The fraction of sp³-hybridized carbons (Fsp3) is 0.357. The van der Waals surface area contributed by atoms with Crippen LogP contribution in [0.25, 0.3) is 5.69 Å². The van der Waals surface area contributed by atoms with Gasteiger partial charge >= 0.3 is 154 Å². The van der Waals surface area contributed by atoms with Gasteiger partial charge < -0.3 is 29.2 Å². The van der Waals surface area contributed by atoms with Crippen molar-refractivity contribution in [3.63, 3.8) is 0 Å². The zero-order chi connectivity index (χ0) is 34.1. The molecular weight excluding hydrogens is 760 g/mol. The Morgan fingerprint density at radius 1 is 0.959 bits per heavy atom. The van der Waals surface area contributed by atoms with Crippen molar-refractivity contribution < 1.29 is 195 Å². The van der Waals surface area contributed by atoms with Gasteiger partial charge in [-0.05, 0) is 56.4 Å². The van der Waals surface area contributed by atoms with Crippen LogP contribution in [0.5, 0.6) is 0 Å². The average molecular weight is 790 g/mol. The fourth-order valence-corrected chi connectivity index (χ4v) is 5.63. The summed E-state index contributed by atoms with van der Waals surface area (Å²) in [6.07, 6.45) is 1.96. The van der Waals surface area contributed by atoms with Crippen LogP contribution in [0.4, 0.5) is 22.9 Å². The Morgan fingerprint density at radius 2 is 1.55 bits per heavy atom. The van der Waals surface area contributed by atoms with Crippen molar-refractivity contribution in [2.45, 2.75) is 39.5 Å². The minimum absolute atomic E-state index is 0. The molecule has 0 fully saturated rings. The van der Waals surface area contributed by atoms with E-state index in [0.29, 0.717) is 24.1 Å². The number of anilines is 2. The van der Waals surface area contributed by atoms with Crippen molar-refractivity contribution in [2.75, 3.05) is 34.8 Å². The molecule has 0 spiro atoms. The Balaban J connectivity index is 0.00000768. The number of nitriles is 1. The number of para-hydroxylation sites is 1. The van der Waals surface area contributed by atoms with Gasteiger partial charge in [0.25, 0.3) is 0 Å². The predicted octanol–water partition coefficient (Wildman–Crippen LogP) is -6.74. The molecular formula is C28H30K3N7O9S2. The quantitative estimate of drug-likeness (QED) is 0.0616. The monoisotopic (exact) mass is 789 g/mol. The summed E-state index contributed by atoms with van der Waals surface area (Å²) in [6.45, 7) is 3.44. The molecule has 0 radical (unpaired) electrons. The number of aromatic nitrogens is 2. The molecule has 0 saturated carbocycles. The normalized spacial score (nSPS) is 11.1. The molecule has 3 rings (SSSR count). The summed E-state index contributed by atoms with van der Waals surface area (Å²) in [6, 6.07) is 11.1. The molecule has 0 bridgehead atoms. The van der Waals surface area contributed by atoms with Crippen molar-refractivity contribution in [3.8, 4) is 11.8 Å². The molecule has 246 valence electrons. The van der Waals surface area contributed by atoms with Crippen LogP contribution in [-0.4, -0.2) is 72.2 Å². The van der Waals surface area contributed by atoms with Crippen LogP contribution in [-0.2, 0) is 25.0 Å². The molecule has 0 aliphatic heterocycles. The van der Waals surface area contributed by atoms with Crippen LogP contribution in [0.15, 0.2) is 52.8 Å². The Bertz CT molecular complexity index is 1860. The first-order valence-electron chi connectivity index (χ1n) is 13.8. The van der Waals surface area contributed by atoms with Gasteiger partial charge in [-0.25, -0.2) is 21.5 Å². The molecule has 0 aliphatic carbocycles. The van der Waals surface area contributed by atoms with Gasteiger partial charge in [0.15, 0.2) is 5.82 Å². The number of carboxylic acid groups (broad SMARTS) is 1. The van der Waals surface area contributed by atoms with E-state index >= 15 is 0 Å². The van der Waals surface area contributed by atoms with Crippen LogP contribution in [0.1, 0.15) is 54.1 Å². The van der Waals surface area contributed by atoms with Crippen molar-refractivity contribution in [1.82, 2.24) is 9.78 Å². The van der Waals surface area contributed by atoms with E-state index in [-0.39, 0.29) is 214 Å². The average Bonchev–Trinajstić information content (AvgIpc) is 3.36. The van der Waals surface area contributed by atoms with Crippen molar-refractivity contribution >= 4 is 55.0 Å². The Kier molecular flexibility index (Phi) is 23.2. The van der Waals surface area contributed by atoms with Gasteiger partial charge in [-0.3, -0.25) is 4.79 Å². The van der Waals surface area contributed by atoms with E-state index < -0.39 is 43.6 Å². The van der Waals surface area contributed by atoms with Crippen LogP contribution in [0, 0.1) is 18.3 Å². The minimum atomic E-state index is -4.41. The number of amides is 1. The Morgan fingerprint density at radius 3 is 2.06 bits per heavy atom. The second-order valence-electron chi connectivity index (χ2n) is 10.2. The first-order valence-corrected chi connectivity index (χ1v) is 17.0. The molecule has 1 aromatic heterocycles. The van der Waals surface area contributed by atoms with E-state index in [1.54, 1.807) is 30.0 Å². The molecule has 21 heteroatoms. The number of unbranched alkanes of at least 4 members (excludes halogenated alkanes) is 2. The summed E-state index contributed by atoms with van der Waals surface area (Å²) in [5.41, 5.74) is 1.30. The molecule has 16 nitrogen and oxygen atoms in total. The van der Waals surface area contributed by atoms with E-state index in [2.05, 4.69) is 20.6 Å². The first kappa shape index (κ1) is 49.2. The largest absolute Gasteiger partial charge is 1.00 e. The summed E-state index contributed by atoms with van der Waals surface area (Å²) in [4.78, 5) is 25.7. The zero-order valence-electron chi connectivity index (χ0n) is 27.9. The molecule has 1 N–H and O–H groups in total. The summed E-state index contributed by atoms with van der Waals surface area (Å²) in [5.74, 6) is -3.11. The number of hydrogen-bond donors (Lipinski definition) is 1. The van der Waals surface area contributed by atoms with E-state index in [0.717, 1.165) is 4.68 Å². The van der Waals surface area contributed by atoms with Gasteiger partial charge in [0.2, 0.25) is 5.91 Å². The van der Waals surface area contributed by atoms with E-state index in [4.69, 9.17) is 0 Å². The van der Waals surface area contributed by atoms with Gasteiger partial charge in [0.05, 0.1) is 43.8 Å². The molecule has 49 heavy (non-hydrogen) atoms. The second kappa shape index (κ2) is 23.1. The summed E-state index contributed by atoms with van der Waals surface area (Å²) >= 11 is 0. The minimum Gasteiger partial charge on any atom is -0.748 e. The van der Waals surface area contributed by atoms with E-state index in [1.165, 1.54) is 31.3 Å². The Hall–Kier alpha value is 0.209. The molecule has 1 amide bonds. The van der Waals surface area contributed by atoms with Crippen molar-refractivity contribution in [1.29, 1.82) is 5.26 Å². The summed E-state index contributed by atoms with van der Waals surface area (Å²) in [5, 5.41) is 36.7. The number of benzene rings is 2. The summed E-state index contributed by atoms with van der Waals surface area (Å²) < 4.78 is 67.3. The number of aryl methyl sites for hydroxylation is 1. The van der Waals surface area contributed by atoms with E-state index in [9.17, 15) is 45.9 Å². The first-order chi connectivity index (χ1) is 21.6. The van der Waals surface area contributed by atoms with Crippen LogP contribution < -0.4 is 169 Å². The maximum atomic E-state index is 12.1. The predicted molar refractivity (Wildman–Crippen MR) is 162 cm³/mol. The molecule has 0 unspecified atom stereocenters. The van der Waals surface area contributed by atoms with Gasteiger partial charge in [-0.2, -0.15) is 10.4 Å². The number of nitrogens with zero attached hydrogens (tertiary/aromatic N) is 6. The Labute approximate surface area is 412 Å². The van der Waals surface area contributed by atoms with Crippen LogP contribution in [0.2, 0.25) is 0 Å². The fourth-order valence-electron chi connectivity index (χ4n) is 4.52. The van der Waals surface area contributed by atoms with Crippen molar-refractivity contribution in [2.24, 2.45) is 10.2 Å². The van der Waals surface area contributed by atoms with Crippen molar-refractivity contribution in [3.05, 3.63) is 59.3 Å². The molecule has 0 aliphatic rings. The SMILES string of the molecule is CC(=O)Nc1cc(N(CCCCS(=O)(=O)[O-])CCCCS(=O)(=O)[O-])ccc1N=Nc1c(C#N)cnn1-c1c(C)cccc1C(=O)[O-].[K+].[K+].[K+]. The maximum absolute atomic E-state index is 12.1. The maximum Gasteiger partial charge on any atom is 1.00 e. The molecule has 3 aromatic rings. The standard InChI is InChI=1S/C28H33N7O9S2.3K/c1-19-8-7-9-23(28(37)38)26(19)35-27(21(17-29)18-30-35)33-32-24-11-10-22(16-25(24)31-20(2)36)34(12-3-5-14-45(39,40)41)13-4-6-15-46(42,43)44;;;/h7-11,16,18H,3-6,12-15H2,1-2H3,(H,31,36)(H,37,38)(H,39,40,41)(H,42,43,44);;;/q;3*+1/p-3. The van der Waals surface area contributed by atoms with Gasteiger partial charge in [0, 0.05) is 42.8 Å². The van der Waals surface area contributed by atoms with E-state index in [1.807, 2.05) is 6.07 Å². The van der Waals surface area contributed by atoms with Gasteiger partial charge in [-0.15, -0.1) is 10.2 Å². The van der Waals surface area contributed by atoms with Crippen LogP contribution in [0.3, 0.4) is 0 Å².